The summed E-state index contributed by atoms with van der Waals surface area (Å²) in [6, 6.07) is 6.38. The van der Waals surface area contributed by atoms with E-state index in [0.29, 0.717) is 11.3 Å². The third-order valence-corrected chi connectivity index (χ3v) is 3.60. The van der Waals surface area contributed by atoms with Crippen LogP contribution < -0.4 is 0 Å². The smallest absolute Gasteiger partial charge is 0.198 e. The minimum Gasteiger partial charge on any atom is -0.440 e. The summed E-state index contributed by atoms with van der Waals surface area (Å²) in [4.78, 5) is 4.56. The fraction of sp³-hybridized carbons (Fsp3) is 0.562. The van der Waals surface area contributed by atoms with E-state index in [1.165, 1.54) is 12.0 Å². The summed E-state index contributed by atoms with van der Waals surface area (Å²) < 4.78 is 5.73. The molecule has 1 aromatic carbocycles. The molecule has 2 heteroatoms. The summed E-state index contributed by atoms with van der Waals surface area (Å²) >= 11 is 0. The maximum absolute atomic E-state index is 5.73. The van der Waals surface area contributed by atoms with E-state index < -0.39 is 0 Å². The molecular weight excluding hydrogens is 222 g/mol. The van der Waals surface area contributed by atoms with Crippen LogP contribution in [-0.2, 0) is 6.42 Å². The van der Waals surface area contributed by atoms with E-state index in [1.807, 2.05) is 0 Å². The molecule has 0 fully saturated rings. The SMILES string of the molecule is CCC(C)(C)Cc1ccc2oc(C(C)C)nc2c1. The van der Waals surface area contributed by atoms with Gasteiger partial charge in [0.25, 0.3) is 0 Å². The number of benzene rings is 1. The lowest BCUT2D eigenvalue weighted by molar-refractivity contribution is 0.349. The summed E-state index contributed by atoms with van der Waals surface area (Å²) in [7, 11) is 0. The van der Waals surface area contributed by atoms with Gasteiger partial charge in [0.2, 0.25) is 0 Å². The van der Waals surface area contributed by atoms with E-state index in [4.69, 9.17) is 4.42 Å². The van der Waals surface area contributed by atoms with Gasteiger partial charge >= 0.3 is 0 Å². The second-order valence-electron chi connectivity index (χ2n) is 6.20. The molecule has 0 saturated carbocycles. The highest BCUT2D eigenvalue weighted by molar-refractivity contribution is 5.73. The molecule has 1 aromatic heterocycles. The molecule has 2 rings (SSSR count). The molecule has 0 spiro atoms. The van der Waals surface area contributed by atoms with Gasteiger partial charge in [0.15, 0.2) is 11.5 Å². The lowest BCUT2D eigenvalue weighted by atomic mass is 9.83. The van der Waals surface area contributed by atoms with Gasteiger partial charge in [-0.3, -0.25) is 0 Å². The molecule has 1 heterocycles. The number of aromatic nitrogens is 1. The van der Waals surface area contributed by atoms with Gasteiger partial charge in [-0.2, -0.15) is 0 Å². The van der Waals surface area contributed by atoms with Crippen molar-refractivity contribution >= 4 is 11.1 Å². The molecule has 2 aromatic rings. The second-order valence-corrected chi connectivity index (χ2v) is 6.20. The van der Waals surface area contributed by atoms with Crippen LogP contribution >= 0.6 is 0 Å². The van der Waals surface area contributed by atoms with E-state index in [9.17, 15) is 0 Å². The van der Waals surface area contributed by atoms with Gasteiger partial charge in [-0.1, -0.05) is 47.1 Å². The fourth-order valence-corrected chi connectivity index (χ4v) is 2.03. The second kappa shape index (κ2) is 4.75. The van der Waals surface area contributed by atoms with Crippen LogP contribution in [0.2, 0.25) is 0 Å². The maximum atomic E-state index is 5.73. The lowest BCUT2D eigenvalue weighted by Crippen LogP contribution is -2.13. The van der Waals surface area contributed by atoms with Crippen LogP contribution in [0.5, 0.6) is 0 Å². The third-order valence-electron chi connectivity index (χ3n) is 3.60. The summed E-state index contributed by atoms with van der Waals surface area (Å²) in [5.74, 6) is 1.17. The van der Waals surface area contributed by atoms with Crippen molar-refractivity contribution in [2.24, 2.45) is 5.41 Å². The van der Waals surface area contributed by atoms with Crippen molar-refractivity contribution in [2.45, 2.75) is 53.4 Å². The van der Waals surface area contributed by atoms with Crippen LogP contribution in [-0.4, -0.2) is 4.98 Å². The molecule has 0 aliphatic rings. The van der Waals surface area contributed by atoms with Crippen molar-refractivity contribution < 1.29 is 4.42 Å². The van der Waals surface area contributed by atoms with Gasteiger partial charge in [-0.15, -0.1) is 0 Å². The van der Waals surface area contributed by atoms with Crippen molar-refractivity contribution in [3.63, 3.8) is 0 Å². The number of oxazole rings is 1. The molecule has 0 aliphatic heterocycles. The first kappa shape index (κ1) is 13.1. The zero-order chi connectivity index (χ0) is 13.3. The normalized spacial score (nSPS) is 12.6. The average molecular weight is 245 g/mol. The molecule has 0 atom stereocenters. The summed E-state index contributed by atoms with van der Waals surface area (Å²) in [6.45, 7) is 11.1. The first-order valence-corrected chi connectivity index (χ1v) is 6.80. The molecule has 98 valence electrons. The zero-order valence-electron chi connectivity index (χ0n) is 12.1. The van der Waals surface area contributed by atoms with Gasteiger partial charge in [0, 0.05) is 5.92 Å². The highest BCUT2D eigenvalue weighted by Crippen LogP contribution is 2.28. The van der Waals surface area contributed by atoms with Crippen LogP contribution in [0.3, 0.4) is 0 Å². The average Bonchev–Trinajstić information content (AvgIpc) is 2.71. The Kier molecular flexibility index (Phi) is 3.47. The van der Waals surface area contributed by atoms with Crippen molar-refractivity contribution in [1.82, 2.24) is 4.98 Å². The van der Waals surface area contributed by atoms with Crippen molar-refractivity contribution in [1.29, 1.82) is 0 Å². The van der Waals surface area contributed by atoms with Crippen molar-refractivity contribution in [3.05, 3.63) is 29.7 Å². The number of rotatable bonds is 4. The molecule has 0 bridgehead atoms. The molecule has 2 nitrogen and oxygen atoms in total. The van der Waals surface area contributed by atoms with Gasteiger partial charge in [0.05, 0.1) is 0 Å². The minimum atomic E-state index is 0.341. The fourth-order valence-electron chi connectivity index (χ4n) is 2.03. The first-order chi connectivity index (χ1) is 8.41. The number of hydrogen-bond acceptors (Lipinski definition) is 2. The quantitative estimate of drug-likeness (QED) is 0.763. The van der Waals surface area contributed by atoms with Crippen LogP contribution in [0, 0.1) is 5.41 Å². The predicted molar refractivity (Wildman–Crippen MR) is 75.9 cm³/mol. The molecule has 0 unspecified atom stereocenters. The Morgan fingerprint density at radius 1 is 1.28 bits per heavy atom. The third kappa shape index (κ3) is 2.74. The van der Waals surface area contributed by atoms with Crippen molar-refractivity contribution in [2.75, 3.05) is 0 Å². The van der Waals surface area contributed by atoms with Gasteiger partial charge in [0.1, 0.15) is 5.52 Å². The molecule has 0 aliphatic carbocycles. The zero-order valence-corrected chi connectivity index (χ0v) is 12.1. The van der Waals surface area contributed by atoms with Crippen LogP contribution in [0.1, 0.15) is 58.4 Å². The molecule has 0 saturated heterocycles. The number of nitrogens with zero attached hydrogens (tertiary/aromatic N) is 1. The first-order valence-electron chi connectivity index (χ1n) is 6.80. The van der Waals surface area contributed by atoms with E-state index >= 15 is 0 Å². The van der Waals surface area contributed by atoms with Gasteiger partial charge in [-0.05, 0) is 29.5 Å². The van der Waals surface area contributed by atoms with Gasteiger partial charge in [-0.25, -0.2) is 4.98 Å². The molecule has 0 N–H and O–H groups in total. The van der Waals surface area contributed by atoms with E-state index in [2.05, 4.69) is 57.8 Å². The van der Waals surface area contributed by atoms with E-state index in [-0.39, 0.29) is 0 Å². The lowest BCUT2D eigenvalue weighted by Gasteiger charge is -2.22. The summed E-state index contributed by atoms with van der Waals surface area (Å²) in [6.07, 6.45) is 2.27. The van der Waals surface area contributed by atoms with Crippen LogP contribution in [0.4, 0.5) is 0 Å². The highest BCUT2D eigenvalue weighted by Gasteiger charge is 2.17. The predicted octanol–water partition coefficient (Wildman–Crippen LogP) is 4.93. The Balaban J connectivity index is 2.32. The standard InChI is InChI=1S/C16H23NO/c1-6-16(4,5)10-12-7-8-14-13(9-12)17-15(18-14)11(2)3/h7-9,11H,6,10H2,1-5H3. The molecule has 18 heavy (non-hydrogen) atoms. The summed E-state index contributed by atoms with van der Waals surface area (Å²) in [5.41, 5.74) is 3.58. The molecule has 0 radical (unpaired) electrons. The topological polar surface area (TPSA) is 26.0 Å². The Labute approximate surface area is 109 Å². The highest BCUT2D eigenvalue weighted by atomic mass is 16.3. The van der Waals surface area contributed by atoms with Crippen LogP contribution in [0.15, 0.2) is 22.6 Å². The maximum Gasteiger partial charge on any atom is 0.198 e. The Morgan fingerprint density at radius 3 is 2.61 bits per heavy atom. The Hall–Kier alpha value is -1.31. The van der Waals surface area contributed by atoms with Crippen molar-refractivity contribution in [3.8, 4) is 0 Å². The Morgan fingerprint density at radius 2 is 2.00 bits per heavy atom. The van der Waals surface area contributed by atoms with Crippen LogP contribution in [0.25, 0.3) is 11.1 Å². The summed E-state index contributed by atoms with van der Waals surface area (Å²) in [5, 5.41) is 0. The monoisotopic (exact) mass is 245 g/mol. The molecular formula is C16H23NO. The Bertz CT molecular complexity index is 537. The number of fused-ring (bicyclic) bond motifs is 1. The number of hydrogen-bond donors (Lipinski definition) is 0. The van der Waals surface area contributed by atoms with Gasteiger partial charge < -0.3 is 4.42 Å². The molecule has 0 amide bonds. The van der Waals surface area contributed by atoms with E-state index in [0.717, 1.165) is 23.4 Å². The largest absolute Gasteiger partial charge is 0.440 e. The van der Waals surface area contributed by atoms with E-state index in [1.54, 1.807) is 0 Å². The minimum absolute atomic E-state index is 0.341.